The molecule has 35 heavy (non-hydrogen) atoms. The Morgan fingerprint density at radius 1 is 1.09 bits per heavy atom. The first kappa shape index (κ1) is 23.5. The van der Waals surface area contributed by atoms with Gasteiger partial charge >= 0.3 is 0 Å². The predicted molar refractivity (Wildman–Crippen MR) is 134 cm³/mol. The quantitative estimate of drug-likeness (QED) is 0.404. The van der Waals surface area contributed by atoms with Gasteiger partial charge in [0.2, 0.25) is 5.91 Å². The predicted octanol–water partition coefficient (Wildman–Crippen LogP) is 6.14. The standard InChI is InChI=1S/C29H32FN3O2/c1-4-32-28-26(19(3)31-33(28)23-10-5-6-11-23)27(20-12-14-22(30)15-13-20)24(29(32)35)17-25(34)21-9-7-8-18(2)16-21/h7-9,12-16,23-24,27H,4-6,10-11,17H2,1-3H3/t24-,27+/m0/s1. The Bertz CT molecular complexity index is 1260. The van der Waals surface area contributed by atoms with E-state index >= 15 is 0 Å². The third-order valence-corrected chi connectivity index (χ3v) is 7.62. The second-order valence-corrected chi connectivity index (χ2v) is 9.92. The first-order valence-electron chi connectivity index (χ1n) is 12.6. The molecule has 1 aliphatic carbocycles. The number of rotatable bonds is 6. The molecule has 5 rings (SSSR count). The number of hydrogen-bond acceptors (Lipinski definition) is 3. The van der Waals surface area contributed by atoms with Gasteiger partial charge < -0.3 is 0 Å². The van der Waals surface area contributed by atoms with Gasteiger partial charge in [-0.1, -0.05) is 48.7 Å². The van der Waals surface area contributed by atoms with Crippen LogP contribution >= 0.6 is 0 Å². The van der Waals surface area contributed by atoms with Gasteiger partial charge in [-0.05, 0) is 57.4 Å². The van der Waals surface area contributed by atoms with Crippen LogP contribution < -0.4 is 4.90 Å². The van der Waals surface area contributed by atoms with Crippen molar-refractivity contribution < 1.29 is 14.0 Å². The summed E-state index contributed by atoms with van der Waals surface area (Å²) in [6, 6.07) is 14.1. The van der Waals surface area contributed by atoms with E-state index in [-0.39, 0.29) is 35.9 Å². The van der Waals surface area contributed by atoms with Crippen LogP contribution in [0.2, 0.25) is 0 Å². The van der Waals surface area contributed by atoms with E-state index in [1.165, 1.54) is 12.1 Å². The lowest BCUT2D eigenvalue weighted by Gasteiger charge is -2.38. The minimum Gasteiger partial charge on any atom is -0.297 e. The number of ketones is 1. The zero-order valence-electron chi connectivity index (χ0n) is 20.6. The second kappa shape index (κ2) is 9.40. The molecule has 0 radical (unpaired) electrons. The van der Waals surface area contributed by atoms with Crippen LogP contribution in [0.1, 0.15) is 83.7 Å². The molecule has 1 aliphatic heterocycles. The number of nitrogens with zero attached hydrogens (tertiary/aromatic N) is 3. The SMILES string of the molecule is CCN1C(=O)[C@@H](CC(=O)c2cccc(C)c2)[C@@H](c2ccc(F)cc2)c2c(C)nn(C3CCCC3)c21. The lowest BCUT2D eigenvalue weighted by atomic mass is 9.74. The molecule has 6 heteroatoms. The van der Waals surface area contributed by atoms with Crippen molar-refractivity contribution in [2.24, 2.45) is 5.92 Å². The van der Waals surface area contributed by atoms with E-state index in [4.69, 9.17) is 5.10 Å². The summed E-state index contributed by atoms with van der Waals surface area (Å²) < 4.78 is 15.9. The van der Waals surface area contributed by atoms with Crippen molar-refractivity contribution >= 4 is 17.5 Å². The van der Waals surface area contributed by atoms with E-state index < -0.39 is 5.92 Å². The Kier molecular flexibility index (Phi) is 6.30. The van der Waals surface area contributed by atoms with Crippen molar-refractivity contribution in [3.05, 3.63) is 82.3 Å². The maximum absolute atomic E-state index is 14.0. The molecule has 1 saturated carbocycles. The number of benzene rings is 2. The number of halogens is 1. The van der Waals surface area contributed by atoms with Gasteiger partial charge in [0, 0.05) is 30.0 Å². The van der Waals surface area contributed by atoms with Gasteiger partial charge in [-0.15, -0.1) is 0 Å². The average Bonchev–Trinajstić information content (AvgIpc) is 3.49. The summed E-state index contributed by atoms with van der Waals surface area (Å²) in [4.78, 5) is 29.3. The molecule has 1 aromatic heterocycles. The minimum absolute atomic E-state index is 0.0560. The number of aromatic nitrogens is 2. The molecule has 5 nitrogen and oxygen atoms in total. The normalized spacial score (nSPS) is 20.3. The first-order valence-corrected chi connectivity index (χ1v) is 12.6. The number of carbonyl (C=O) groups excluding carboxylic acids is 2. The lowest BCUT2D eigenvalue weighted by Crippen LogP contribution is -2.45. The second-order valence-electron chi connectivity index (χ2n) is 9.92. The molecule has 1 fully saturated rings. The summed E-state index contributed by atoms with van der Waals surface area (Å²) in [6.07, 6.45) is 4.51. The van der Waals surface area contributed by atoms with E-state index in [1.54, 1.807) is 12.1 Å². The Balaban J connectivity index is 1.64. The fourth-order valence-electron chi connectivity index (χ4n) is 5.95. The molecule has 2 aromatic carbocycles. The van der Waals surface area contributed by atoms with Gasteiger partial charge in [0.05, 0.1) is 17.7 Å². The molecule has 0 N–H and O–H groups in total. The zero-order valence-corrected chi connectivity index (χ0v) is 20.6. The minimum atomic E-state index is -0.583. The van der Waals surface area contributed by atoms with Gasteiger partial charge in [-0.2, -0.15) is 5.10 Å². The number of aryl methyl sites for hydroxylation is 2. The van der Waals surface area contributed by atoms with Crippen LogP contribution in [0.4, 0.5) is 10.2 Å². The maximum Gasteiger partial charge on any atom is 0.232 e. The summed E-state index contributed by atoms with van der Waals surface area (Å²) in [5.74, 6) is -0.521. The van der Waals surface area contributed by atoms with Crippen molar-refractivity contribution in [1.29, 1.82) is 0 Å². The fraction of sp³-hybridized carbons (Fsp3) is 0.414. The third kappa shape index (κ3) is 4.19. The molecule has 0 spiro atoms. The smallest absolute Gasteiger partial charge is 0.232 e. The van der Waals surface area contributed by atoms with Crippen LogP contribution in [-0.2, 0) is 4.79 Å². The van der Waals surface area contributed by atoms with E-state index in [0.29, 0.717) is 12.1 Å². The van der Waals surface area contributed by atoms with Crippen LogP contribution in [0.15, 0.2) is 48.5 Å². The molecule has 0 bridgehead atoms. The molecule has 2 heterocycles. The monoisotopic (exact) mass is 473 g/mol. The van der Waals surface area contributed by atoms with Crippen LogP contribution in [0.25, 0.3) is 0 Å². The lowest BCUT2D eigenvalue weighted by molar-refractivity contribution is -0.123. The van der Waals surface area contributed by atoms with Gasteiger partial charge in [0.25, 0.3) is 0 Å². The molecule has 2 atom stereocenters. The number of Topliss-reactive ketones (excluding diaryl/α,β-unsaturated/α-hetero) is 1. The number of anilines is 1. The summed E-state index contributed by atoms with van der Waals surface area (Å²) in [7, 11) is 0. The maximum atomic E-state index is 14.0. The van der Waals surface area contributed by atoms with Crippen molar-refractivity contribution in [2.45, 2.75) is 64.8 Å². The highest BCUT2D eigenvalue weighted by molar-refractivity contribution is 6.04. The van der Waals surface area contributed by atoms with Gasteiger partial charge in [0.15, 0.2) is 5.78 Å². The van der Waals surface area contributed by atoms with Gasteiger partial charge in [-0.3, -0.25) is 14.5 Å². The van der Waals surface area contributed by atoms with Crippen LogP contribution in [0, 0.1) is 25.6 Å². The summed E-state index contributed by atoms with van der Waals surface area (Å²) in [5.41, 5.74) is 4.33. The molecule has 2 aliphatic rings. The van der Waals surface area contributed by atoms with Gasteiger partial charge in [-0.25, -0.2) is 9.07 Å². The Morgan fingerprint density at radius 3 is 2.46 bits per heavy atom. The van der Waals surface area contributed by atoms with E-state index in [1.807, 2.05) is 49.9 Å². The Morgan fingerprint density at radius 2 is 1.80 bits per heavy atom. The van der Waals surface area contributed by atoms with Crippen LogP contribution in [-0.4, -0.2) is 28.0 Å². The summed E-state index contributed by atoms with van der Waals surface area (Å²) in [5, 5.41) is 4.95. The Hall–Kier alpha value is -3.28. The molecule has 182 valence electrons. The zero-order chi connectivity index (χ0) is 24.7. The summed E-state index contributed by atoms with van der Waals surface area (Å²) >= 11 is 0. The molecule has 0 saturated heterocycles. The molecule has 3 aromatic rings. The van der Waals surface area contributed by atoms with Crippen molar-refractivity contribution in [3.63, 3.8) is 0 Å². The molecular formula is C29H32FN3O2. The highest BCUT2D eigenvalue weighted by Crippen LogP contribution is 2.48. The number of hydrogen-bond donors (Lipinski definition) is 0. The average molecular weight is 474 g/mol. The number of carbonyl (C=O) groups is 2. The molecular weight excluding hydrogens is 441 g/mol. The van der Waals surface area contributed by atoms with E-state index in [0.717, 1.165) is 53.9 Å². The van der Waals surface area contributed by atoms with Crippen LogP contribution in [0.3, 0.4) is 0 Å². The van der Waals surface area contributed by atoms with Gasteiger partial charge in [0.1, 0.15) is 11.6 Å². The van der Waals surface area contributed by atoms with Crippen molar-refractivity contribution in [3.8, 4) is 0 Å². The topological polar surface area (TPSA) is 55.2 Å². The highest BCUT2D eigenvalue weighted by Gasteiger charge is 2.46. The first-order chi connectivity index (χ1) is 16.9. The molecule has 1 amide bonds. The molecule has 0 unspecified atom stereocenters. The van der Waals surface area contributed by atoms with Crippen molar-refractivity contribution in [2.75, 3.05) is 11.4 Å². The van der Waals surface area contributed by atoms with E-state index in [9.17, 15) is 14.0 Å². The fourth-order valence-corrected chi connectivity index (χ4v) is 5.95. The number of amides is 1. The van der Waals surface area contributed by atoms with E-state index in [2.05, 4.69) is 4.68 Å². The largest absolute Gasteiger partial charge is 0.297 e. The Labute approximate surface area is 205 Å². The summed E-state index contributed by atoms with van der Waals surface area (Å²) in [6.45, 7) is 6.43. The van der Waals surface area contributed by atoms with Crippen molar-refractivity contribution in [1.82, 2.24) is 9.78 Å². The third-order valence-electron chi connectivity index (χ3n) is 7.62. The number of fused-ring (bicyclic) bond motifs is 1. The highest BCUT2D eigenvalue weighted by atomic mass is 19.1. The van der Waals surface area contributed by atoms with Crippen LogP contribution in [0.5, 0.6) is 0 Å².